The Morgan fingerprint density at radius 2 is 1.73 bits per heavy atom. The van der Waals surface area contributed by atoms with Gasteiger partial charge in [-0.3, -0.25) is 0 Å². The van der Waals surface area contributed by atoms with E-state index in [0.717, 1.165) is 0 Å². The van der Waals surface area contributed by atoms with Crippen LogP contribution in [0.3, 0.4) is 0 Å². The number of halogens is 5. The molecule has 0 saturated heterocycles. The zero-order chi connectivity index (χ0) is 19.2. The fourth-order valence-electron chi connectivity index (χ4n) is 2.45. The average Bonchev–Trinajstić information content (AvgIpc) is 3.05. The maximum Gasteiger partial charge on any atom is 0.358 e. The smallest absolute Gasteiger partial charge is 0.358 e. The van der Waals surface area contributed by atoms with Crippen LogP contribution in [0.5, 0.6) is 0 Å². The number of carboxylic acid groups (broad SMARTS) is 1. The molecule has 0 bridgehead atoms. The van der Waals surface area contributed by atoms with Crippen LogP contribution >= 0.6 is 12.2 Å². The number of aromatic nitrogens is 1. The van der Waals surface area contributed by atoms with Gasteiger partial charge in [-0.2, -0.15) is 0 Å². The Labute approximate surface area is 147 Å². The van der Waals surface area contributed by atoms with E-state index in [9.17, 15) is 26.7 Å². The monoisotopic (exact) mass is 393 g/mol. The van der Waals surface area contributed by atoms with Crippen molar-refractivity contribution in [3.05, 3.63) is 46.1 Å². The van der Waals surface area contributed by atoms with Crippen molar-refractivity contribution in [3.8, 4) is 0 Å². The molecule has 0 amide bonds. The van der Waals surface area contributed by atoms with Gasteiger partial charge in [-0.25, -0.2) is 26.7 Å². The highest BCUT2D eigenvalue weighted by Crippen LogP contribution is 2.28. The predicted octanol–water partition coefficient (Wildman–Crippen LogP) is 2.52. The van der Waals surface area contributed by atoms with Crippen LogP contribution in [0.4, 0.5) is 27.6 Å². The van der Waals surface area contributed by atoms with E-state index in [1.165, 1.54) is 0 Å². The first kappa shape index (κ1) is 18.2. The van der Waals surface area contributed by atoms with Crippen LogP contribution in [-0.4, -0.2) is 27.3 Å². The molecule has 1 aromatic heterocycles. The van der Waals surface area contributed by atoms with E-state index in [1.807, 2.05) is 5.32 Å². The molecule has 0 spiro atoms. The molecule has 12 heteroatoms. The van der Waals surface area contributed by atoms with Crippen molar-refractivity contribution in [3.63, 3.8) is 0 Å². The van der Waals surface area contributed by atoms with Crippen molar-refractivity contribution in [2.75, 3.05) is 5.32 Å². The van der Waals surface area contributed by atoms with E-state index in [1.54, 1.807) is 0 Å². The highest BCUT2D eigenvalue weighted by Gasteiger charge is 2.32. The summed E-state index contributed by atoms with van der Waals surface area (Å²) in [6, 6.07) is -0.804. The third-order valence-electron chi connectivity index (χ3n) is 3.76. The molecule has 3 rings (SSSR count). The van der Waals surface area contributed by atoms with Crippen LogP contribution in [-0.2, 0) is 13.0 Å². The lowest BCUT2D eigenvalue weighted by Crippen LogP contribution is -2.44. The molecule has 0 aliphatic carbocycles. The van der Waals surface area contributed by atoms with Gasteiger partial charge in [0.05, 0.1) is 11.0 Å². The lowest BCUT2D eigenvalue weighted by molar-refractivity contribution is 0.0684. The molecule has 1 aromatic carbocycles. The van der Waals surface area contributed by atoms with Crippen LogP contribution in [0, 0.1) is 29.1 Å². The SMILES string of the molecule is O=C(O)c1noc2c1CNC(C(=S)Nc1c(F)c(F)c(F)c(F)c1F)C2. The summed E-state index contributed by atoms with van der Waals surface area (Å²) in [6.07, 6.45) is -0.0309. The molecule has 0 fully saturated rings. The summed E-state index contributed by atoms with van der Waals surface area (Å²) in [5, 5.41) is 17.2. The van der Waals surface area contributed by atoms with Gasteiger partial charge in [-0.15, -0.1) is 0 Å². The van der Waals surface area contributed by atoms with Gasteiger partial charge in [0.1, 0.15) is 11.4 Å². The number of thiocarbonyl (C=S) groups is 1. The molecule has 2 heterocycles. The van der Waals surface area contributed by atoms with Crippen molar-refractivity contribution in [1.29, 1.82) is 0 Å². The summed E-state index contributed by atoms with van der Waals surface area (Å²) >= 11 is 4.96. The van der Waals surface area contributed by atoms with E-state index < -0.39 is 46.8 Å². The molecule has 1 atom stereocenters. The Kier molecular flexibility index (Phi) is 4.63. The van der Waals surface area contributed by atoms with Gasteiger partial charge in [-0.05, 0) is 0 Å². The van der Waals surface area contributed by atoms with Gasteiger partial charge >= 0.3 is 5.97 Å². The zero-order valence-electron chi connectivity index (χ0n) is 12.5. The van der Waals surface area contributed by atoms with Crippen molar-refractivity contribution in [2.24, 2.45) is 0 Å². The summed E-state index contributed by atoms with van der Waals surface area (Å²) in [4.78, 5) is 10.7. The summed E-state index contributed by atoms with van der Waals surface area (Å²) in [5.41, 5.74) is -1.28. The molecule has 138 valence electrons. The normalized spacial score (nSPS) is 16.3. The number of anilines is 1. The highest BCUT2D eigenvalue weighted by molar-refractivity contribution is 7.80. The van der Waals surface area contributed by atoms with Crippen molar-refractivity contribution in [1.82, 2.24) is 10.5 Å². The van der Waals surface area contributed by atoms with E-state index in [-0.39, 0.29) is 35.0 Å². The lowest BCUT2D eigenvalue weighted by atomic mass is 10.0. The largest absolute Gasteiger partial charge is 0.476 e. The molecule has 1 unspecified atom stereocenters. The molecule has 0 saturated carbocycles. The second-order valence-electron chi connectivity index (χ2n) is 5.31. The minimum Gasteiger partial charge on any atom is -0.476 e. The second-order valence-corrected chi connectivity index (χ2v) is 5.75. The number of carbonyl (C=O) groups is 1. The zero-order valence-corrected chi connectivity index (χ0v) is 13.3. The molecule has 1 aliphatic heterocycles. The average molecular weight is 393 g/mol. The minimum atomic E-state index is -2.28. The van der Waals surface area contributed by atoms with Crippen LogP contribution in [0.2, 0.25) is 0 Å². The summed E-state index contributed by atoms with van der Waals surface area (Å²) in [5.74, 6) is -11.7. The third kappa shape index (κ3) is 2.90. The molecule has 0 radical (unpaired) electrons. The predicted molar refractivity (Wildman–Crippen MR) is 80.2 cm³/mol. The first-order chi connectivity index (χ1) is 12.2. The van der Waals surface area contributed by atoms with E-state index in [0.29, 0.717) is 0 Å². The van der Waals surface area contributed by atoms with Crippen LogP contribution in [0.25, 0.3) is 0 Å². The van der Waals surface area contributed by atoms with E-state index in [4.69, 9.17) is 21.8 Å². The third-order valence-corrected chi connectivity index (χ3v) is 4.15. The molecular formula is C14H8F5N3O3S. The molecular weight excluding hydrogens is 385 g/mol. The first-order valence-electron chi connectivity index (χ1n) is 6.98. The quantitative estimate of drug-likeness (QED) is 0.320. The molecule has 3 N–H and O–H groups in total. The van der Waals surface area contributed by atoms with Crippen molar-refractivity contribution in [2.45, 2.75) is 19.0 Å². The number of nitrogens with one attached hydrogen (secondary N) is 2. The summed E-state index contributed by atoms with van der Waals surface area (Å²) < 4.78 is 71.8. The number of aromatic carboxylic acids is 1. The number of fused-ring (bicyclic) bond motifs is 1. The van der Waals surface area contributed by atoms with Crippen LogP contribution < -0.4 is 10.6 Å². The summed E-state index contributed by atoms with van der Waals surface area (Å²) in [6.45, 7) is -0.0238. The lowest BCUT2D eigenvalue weighted by Gasteiger charge is -2.24. The van der Waals surface area contributed by atoms with Gasteiger partial charge in [0.15, 0.2) is 29.0 Å². The first-order valence-corrected chi connectivity index (χ1v) is 7.39. The van der Waals surface area contributed by atoms with Gasteiger partial charge in [0.25, 0.3) is 0 Å². The van der Waals surface area contributed by atoms with Gasteiger partial charge in [0, 0.05) is 18.5 Å². The maximum atomic E-state index is 13.7. The fourth-order valence-corrected chi connectivity index (χ4v) is 2.72. The Balaban J connectivity index is 1.83. The highest BCUT2D eigenvalue weighted by atomic mass is 32.1. The van der Waals surface area contributed by atoms with Crippen molar-refractivity contribution >= 4 is 28.9 Å². The number of carboxylic acids is 1. The number of nitrogens with zero attached hydrogens (tertiary/aromatic N) is 1. The van der Waals surface area contributed by atoms with Gasteiger partial charge < -0.3 is 20.3 Å². The maximum absolute atomic E-state index is 13.7. The fraction of sp³-hybridized carbons (Fsp3) is 0.214. The second kappa shape index (κ2) is 6.61. The van der Waals surface area contributed by atoms with Crippen LogP contribution in [0.1, 0.15) is 21.8 Å². The van der Waals surface area contributed by atoms with Gasteiger partial charge in [0.2, 0.25) is 5.82 Å². The molecule has 1 aliphatic rings. The standard InChI is InChI=1S/C14H8F5N3O3S/c15-6-7(16)9(18)12(10(19)8(6)17)21-13(26)4-1-5-3(2-20-4)11(14(23)24)22-25-5/h4,20H,1-2H2,(H,21,26)(H,23,24). The van der Waals surface area contributed by atoms with E-state index in [2.05, 4.69) is 10.5 Å². The molecule has 26 heavy (non-hydrogen) atoms. The number of hydrogen-bond acceptors (Lipinski definition) is 5. The van der Waals surface area contributed by atoms with Crippen molar-refractivity contribution < 1.29 is 36.4 Å². The van der Waals surface area contributed by atoms with Crippen LogP contribution in [0.15, 0.2) is 4.52 Å². The van der Waals surface area contributed by atoms with Gasteiger partial charge in [-0.1, -0.05) is 17.4 Å². The minimum absolute atomic E-state index is 0.0238. The Morgan fingerprint density at radius 1 is 1.15 bits per heavy atom. The number of hydrogen-bond donors (Lipinski definition) is 3. The Hall–Kier alpha value is -2.60. The number of benzene rings is 1. The Morgan fingerprint density at radius 3 is 2.31 bits per heavy atom. The summed E-state index contributed by atoms with van der Waals surface area (Å²) in [7, 11) is 0. The topological polar surface area (TPSA) is 87.4 Å². The molecule has 6 nitrogen and oxygen atoms in total. The number of rotatable bonds is 3. The van der Waals surface area contributed by atoms with E-state index >= 15 is 0 Å². The Bertz CT molecular complexity index is 904. The molecule has 2 aromatic rings.